The summed E-state index contributed by atoms with van der Waals surface area (Å²) in [5.41, 5.74) is 0.469. The zero-order valence-electron chi connectivity index (χ0n) is 15.9. The fourth-order valence-electron chi connectivity index (χ4n) is 14.1. The first-order chi connectivity index (χ1) is 13.5. The smallest absolute Gasteiger partial charge is 0.312 e. The molecule has 12 fully saturated rings. The summed E-state index contributed by atoms with van der Waals surface area (Å²) < 4.78 is 10.2. The Morgan fingerprint density at radius 3 is 1.11 bits per heavy atom. The lowest BCUT2D eigenvalue weighted by atomic mass is 8.91. The standard InChI is InChI=1S/C23H22O5/c1-27-18(25)22-12-6-13(22)8-14(22)7(12)20(6,8)3-5(24)4-21-9-15-10(21)17-11(21)16(9)23(15,17)19(26)28-2/h6-17H,3-4H2,1-2H3. The lowest BCUT2D eigenvalue weighted by molar-refractivity contribution is -0.645. The maximum Gasteiger partial charge on any atom is 0.312 e. The molecule has 0 heterocycles. The number of esters is 2. The number of rotatable bonds is 6. The topological polar surface area (TPSA) is 69.7 Å². The summed E-state index contributed by atoms with van der Waals surface area (Å²) in [5.74, 6) is 8.00. The summed E-state index contributed by atoms with van der Waals surface area (Å²) in [6, 6.07) is 0. The summed E-state index contributed by atoms with van der Waals surface area (Å²) in [6.07, 6.45) is 1.59. The highest BCUT2D eigenvalue weighted by Crippen LogP contribution is 3.12. The number of ketones is 1. The molecule has 0 aromatic rings. The molecule has 0 unspecified atom stereocenters. The third-order valence-corrected chi connectivity index (χ3v) is 13.8. The lowest BCUT2D eigenvalue weighted by Gasteiger charge is -3.11. The summed E-state index contributed by atoms with van der Waals surface area (Å²) in [4.78, 5) is 37.7. The predicted octanol–water partition coefficient (Wildman–Crippen LogP) is 1.16. The summed E-state index contributed by atoms with van der Waals surface area (Å²) in [6.45, 7) is 0. The Kier molecular flexibility index (Phi) is 1.49. The average molecular weight is 378 g/mol. The van der Waals surface area contributed by atoms with E-state index in [2.05, 4.69) is 0 Å². The molecular formula is C23H22O5. The van der Waals surface area contributed by atoms with Crippen molar-refractivity contribution < 1.29 is 23.9 Å². The van der Waals surface area contributed by atoms with E-state index in [1.807, 2.05) is 0 Å². The van der Waals surface area contributed by atoms with Gasteiger partial charge in [-0.2, -0.15) is 0 Å². The molecule has 0 bridgehead atoms. The molecular weight excluding hydrogens is 356 g/mol. The van der Waals surface area contributed by atoms with E-state index in [9.17, 15) is 14.4 Å². The molecule has 12 aliphatic rings. The van der Waals surface area contributed by atoms with E-state index in [0.29, 0.717) is 87.6 Å². The summed E-state index contributed by atoms with van der Waals surface area (Å²) in [7, 11) is 3.05. The molecule has 12 aliphatic carbocycles. The van der Waals surface area contributed by atoms with Gasteiger partial charge in [0.1, 0.15) is 5.78 Å². The molecule has 0 spiro atoms. The SMILES string of the molecule is COC(=O)C12C3C4C1C1C2C3C41CC(=O)CC12C3C4C1C1C2C3C41C(=O)OC. The highest BCUT2D eigenvalue weighted by molar-refractivity contribution is 5.92. The molecule has 0 aromatic carbocycles. The van der Waals surface area contributed by atoms with Gasteiger partial charge in [-0.15, -0.1) is 0 Å². The molecule has 28 heavy (non-hydrogen) atoms. The second-order valence-electron chi connectivity index (χ2n) is 12.3. The number of carbonyl (C=O) groups excluding carboxylic acids is 3. The second-order valence-corrected chi connectivity index (χ2v) is 12.3. The highest BCUT2D eigenvalue weighted by Gasteiger charge is 3.13. The monoisotopic (exact) mass is 378 g/mol. The van der Waals surface area contributed by atoms with Crippen molar-refractivity contribution in [1.29, 1.82) is 0 Å². The van der Waals surface area contributed by atoms with Crippen LogP contribution in [0.1, 0.15) is 12.8 Å². The average Bonchev–Trinajstić information content (AvgIpc) is 2.73. The molecule has 0 atom stereocenters. The molecule has 0 aromatic heterocycles. The van der Waals surface area contributed by atoms with Crippen molar-refractivity contribution in [2.75, 3.05) is 14.2 Å². The van der Waals surface area contributed by atoms with Crippen molar-refractivity contribution in [3.8, 4) is 0 Å². The number of ether oxygens (including phenoxy) is 2. The first kappa shape index (κ1) is 13.8. The van der Waals surface area contributed by atoms with Crippen molar-refractivity contribution >= 4 is 17.7 Å². The van der Waals surface area contributed by atoms with Crippen molar-refractivity contribution in [3.63, 3.8) is 0 Å². The Hall–Kier alpha value is -1.39. The Morgan fingerprint density at radius 2 is 0.857 bits per heavy atom. The molecule has 12 rings (SSSR count). The van der Waals surface area contributed by atoms with Gasteiger partial charge in [-0.05, 0) is 81.8 Å². The molecule has 5 nitrogen and oxygen atoms in total. The van der Waals surface area contributed by atoms with Gasteiger partial charge < -0.3 is 9.47 Å². The van der Waals surface area contributed by atoms with E-state index >= 15 is 0 Å². The minimum absolute atomic E-state index is 0.0446. The normalized spacial score (nSPS) is 77.5. The van der Waals surface area contributed by atoms with Gasteiger partial charge in [0, 0.05) is 12.8 Å². The van der Waals surface area contributed by atoms with Gasteiger partial charge in [-0.3, -0.25) is 14.4 Å². The minimum atomic E-state index is -0.0839. The maximum atomic E-state index is 13.2. The predicted molar refractivity (Wildman–Crippen MR) is 89.9 cm³/mol. The van der Waals surface area contributed by atoms with Crippen LogP contribution in [0.5, 0.6) is 0 Å². The Morgan fingerprint density at radius 1 is 0.571 bits per heavy atom. The molecule has 5 heteroatoms. The van der Waals surface area contributed by atoms with E-state index in [0.717, 1.165) is 12.8 Å². The van der Waals surface area contributed by atoms with Crippen LogP contribution in [-0.4, -0.2) is 31.9 Å². The zero-order chi connectivity index (χ0) is 18.5. The van der Waals surface area contributed by atoms with Crippen LogP contribution in [0, 0.1) is 92.7 Å². The molecule has 144 valence electrons. The molecule has 0 N–H and O–H groups in total. The molecule has 12 saturated carbocycles. The van der Waals surface area contributed by atoms with Gasteiger partial charge in [-0.25, -0.2) is 0 Å². The van der Waals surface area contributed by atoms with Crippen LogP contribution in [-0.2, 0) is 23.9 Å². The highest BCUT2D eigenvalue weighted by atomic mass is 16.5. The number of Topliss-reactive ketones (excluding diaryl/α,β-unsaturated/α-hetero) is 1. The number of carbonyl (C=O) groups is 3. The van der Waals surface area contributed by atoms with Gasteiger partial charge >= 0.3 is 11.9 Å². The van der Waals surface area contributed by atoms with Crippen LogP contribution in [0.3, 0.4) is 0 Å². The largest absolute Gasteiger partial charge is 0.469 e. The fraction of sp³-hybridized carbons (Fsp3) is 0.870. The van der Waals surface area contributed by atoms with Crippen molar-refractivity contribution in [2.24, 2.45) is 92.7 Å². The van der Waals surface area contributed by atoms with Crippen molar-refractivity contribution in [1.82, 2.24) is 0 Å². The van der Waals surface area contributed by atoms with E-state index in [1.165, 1.54) is 14.2 Å². The van der Waals surface area contributed by atoms with E-state index < -0.39 is 0 Å². The Labute approximate surface area is 161 Å². The third kappa shape index (κ3) is 0.656. The first-order valence-corrected chi connectivity index (χ1v) is 11.2. The Balaban J connectivity index is 0.879. The zero-order valence-corrected chi connectivity index (χ0v) is 15.9. The summed E-state index contributed by atoms with van der Waals surface area (Å²) in [5, 5.41) is 0. The number of hydrogen-bond acceptors (Lipinski definition) is 5. The van der Waals surface area contributed by atoms with Crippen molar-refractivity contribution in [2.45, 2.75) is 12.8 Å². The van der Waals surface area contributed by atoms with Crippen LogP contribution in [0.15, 0.2) is 0 Å². The fourth-order valence-corrected chi connectivity index (χ4v) is 14.1. The van der Waals surface area contributed by atoms with Gasteiger partial charge in [0.05, 0.1) is 25.0 Å². The second kappa shape index (κ2) is 3.02. The molecule has 0 saturated heterocycles. The van der Waals surface area contributed by atoms with E-state index in [1.54, 1.807) is 0 Å². The Bertz CT molecular complexity index is 850. The van der Waals surface area contributed by atoms with Crippen LogP contribution < -0.4 is 0 Å². The number of methoxy groups -OCH3 is 2. The van der Waals surface area contributed by atoms with Crippen LogP contribution in [0.25, 0.3) is 0 Å². The third-order valence-electron chi connectivity index (χ3n) is 13.8. The molecule has 0 amide bonds. The van der Waals surface area contributed by atoms with E-state index in [-0.39, 0.29) is 22.8 Å². The molecule has 0 radical (unpaired) electrons. The van der Waals surface area contributed by atoms with Crippen LogP contribution in [0.2, 0.25) is 0 Å². The quantitative estimate of drug-likeness (QED) is 0.649. The minimum Gasteiger partial charge on any atom is -0.469 e. The van der Waals surface area contributed by atoms with E-state index in [4.69, 9.17) is 9.47 Å². The first-order valence-electron chi connectivity index (χ1n) is 11.2. The summed E-state index contributed by atoms with van der Waals surface area (Å²) >= 11 is 0. The van der Waals surface area contributed by atoms with Gasteiger partial charge in [-0.1, -0.05) is 0 Å². The molecule has 0 aliphatic heterocycles. The van der Waals surface area contributed by atoms with Gasteiger partial charge in [0.25, 0.3) is 0 Å². The lowest BCUT2D eigenvalue weighted by Crippen LogP contribution is -3.11. The maximum absolute atomic E-state index is 13.2. The van der Waals surface area contributed by atoms with Gasteiger partial charge in [0.2, 0.25) is 0 Å². The van der Waals surface area contributed by atoms with Gasteiger partial charge in [0.15, 0.2) is 0 Å². The van der Waals surface area contributed by atoms with Crippen LogP contribution in [0.4, 0.5) is 0 Å². The number of hydrogen-bond donors (Lipinski definition) is 0. The van der Waals surface area contributed by atoms with Crippen LogP contribution >= 0.6 is 0 Å². The van der Waals surface area contributed by atoms with Crippen molar-refractivity contribution in [3.05, 3.63) is 0 Å².